The van der Waals surface area contributed by atoms with Crippen molar-refractivity contribution in [2.75, 3.05) is 0 Å². The molecule has 1 aliphatic carbocycles. The number of halogens is 1. The van der Waals surface area contributed by atoms with E-state index in [0.717, 1.165) is 31.2 Å². The van der Waals surface area contributed by atoms with Gasteiger partial charge in [0.25, 0.3) is 0 Å². The number of hydrogen-bond acceptors (Lipinski definition) is 3. The fraction of sp³-hybridized carbons (Fsp3) is 0.500. The molecule has 5 nitrogen and oxygen atoms in total. The average Bonchev–Trinajstić information content (AvgIpc) is 2.48. The predicted molar refractivity (Wildman–Crippen MR) is 88.3 cm³/mol. The largest absolute Gasteiger partial charge is 0.369 e. The molecule has 1 aromatic carbocycles. The lowest BCUT2D eigenvalue weighted by atomic mass is 9.85. The molecule has 122 valence electrons. The van der Waals surface area contributed by atoms with Gasteiger partial charge in [-0.2, -0.15) is 0 Å². The van der Waals surface area contributed by atoms with Crippen molar-refractivity contribution in [3.05, 3.63) is 35.9 Å². The average molecular weight is 326 g/mol. The van der Waals surface area contributed by atoms with Crippen LogP contribution in [-0.4, -0.2) is 17.9 Å². The smallest absolute Gasteiger partial charge is 0.222 e. The molecule has 6 heteroatoms. The first-order valence-corrected chi connectivity index (χ1v) is 7.45. The molecule has 1 aromatic rings. The van der Waals surface area contributed by atoms with E-state index in [9.17, 15) is 9.59 Å². The number of rotatable bonds is 5. The molecular weight excluding hydrogens is 302 g/mol. The van der Waals surface area contributed by atoms with Gasteiger partial charge in [-0.15, -0.1) is 12.4 Å². The molecule has 0 bridgehead atoms. The molecule has 1 unspecified atom stereocenters. The Kier molecular flexibility index (Phi) is 7.35. The highest BCUT2D eigenvalue weighted by Gasteiger charge is 2.25. The quantitative estimate of drug-likeness (QED) is 0.767. The summed E-state index contributed by atoms with van der Waals surface area (Å²) in [6, 6.07) is 9.46. The second kappa shape index (κ2) is 8.76. The van der Waals surface area contributed by atoms with Crippen LogP contribution in [0.1, 0.15) is 43.7 Å². The Morgan fingerprint density at radius 2 is 1.73 bits per heavy atom. The molecule has 1 saturated carbocycles. The number of primary amides is 1. The zero-order valence-corrected chi connectivity index (χ0v) is 13.4. The third-order valence-corrected chi connectivity index (χ3v) is 4.13. The van der Waals surface area contributed by atoms with Crippen LogP contribution in [0, 0.1) is 5.92 Å². The number of hydrogen-bond donors (Lipinski definition) is 3. The second-order valence-corrected chi connectivity index (χ2v) is 5.74. The summed E-state index contributed by atoms with van der Waals surface area (Å²) in [6.45, 7) is 0. The number of carbonyl (C=O) groups excluding carboxylic acids is 2. The third kappa shape index (κ3) is 5.31. The fourth-order valence-corrected chi connectivity index (χ4v) is 2.83. The monoisotopic (exact) mass is 325 g/mol. The van der Waals surface area contributed by atoms with Crippen molar-refractivity contribution in [3.8, 4) is 0 Å². The standard InChI is InChI=1S/C16H23N3O2.ClH/c17-14(11-4-2-1-3-5-11)10-15(20)19-13-8-6-12(7-9-13)16(18)21;/h1-5,12-14H,6-10,17H2,(H2,18,21)(H,19,20);1H. The molecule has 1 atom stereocenters. The number of carbonyl (C=O) groups is 2. The summed E-state index contributed by atoms with van der Waals surface area (Å²) in [5.41, 5.74) is 12.3. The van der Waals surface area contributed by atoms with Gasteiger partial charge in [-0.3, -0.25) is 9.59 Å². The molecule has 0 radical (unpaired) electrons. The lowest BCUT2D eigenvalue weighted by Crippen LogP contribution is -2.40. The molecule has 0 aromatic heterocycles. The van der Waals surface area contributed by atoms with Crippen LogP contribution in [0.5, 0.6) is 0 Å². The van der Waals surface area contributed by atoms with Crippen molar-refractivity contribution in [1.29, 1.82) is 0 Å². The number of amides is 2. The van der Waals surface area contributed by atoms with E-state index in [0.29, 0.717) is 0 Å². The van der Waals surface area contributed by atoms with Gasteiger partial charge in [0.05, 0.1) is 0 Å². The van der Waals surface area contributed by atoms with Crippen molar-refractivity contribution >= 4 is 24.2 Å². The van der Waals surface area contributed by atoms with Gasteiger partial charge in [-0.1, -0.05) is 30.3 Å². The van der Waals surface area contributed by atoms with Crippen molar-refractivity contribution in [2.45, 2.75) is 44.2 Å². The Balaban J connectivity index is 0.00000242. The highest BCUT2D eigenvalue weighted by atomic mass is 35.5. The van der Waals surface area contributed by atoms with Crippen molar-refractivity contribution < 1.29 is 9.59 Å². The molecule has 5 N–H and O–H groups in total. The minimum atomic E-state index is -0.284. The summed E-state index contributed by atoms with van der Waals surface area (Å²) in [5, 5.41) is 3.01. The molecule has 1 fully saturated rings. The topological polar surface area (TPSA) is 98.2 Å². The van der Waals surface area contributed by atoms with Crippen molar-refractivity contribution in [3.63, 3.8) is 0 Å². The van der Waals surface area contributed by atoms with Crippen LogP contribution in [0.2, 0.25) is 0 Å². The summed E-state index contributed by atoms with van der Waals surface area (Å²) in [5.74, 6) is -0.301. The van der Waals surface area contributed by atoms with Crippen molar-refractivity contribution in [2.24, 2.45) is 17.4 Å². The highest BCUT2D eigenvalue weighted by Crippen LogP contribution is 2.24. The Morgan fingerprint density at radius 3 is 2.27 bits per heavy atom. The number of benzene rings is 1. The van der Waals surface area contributed by atoms with Crippen LogP contribution >= 0.6 is 12.4 Å². The minimum absolute atomic E-state index is 0. The first kappa shape index (κ1) is 18.5. The van der Waals surface area contributed by atoms with E-state index in [1.165, 1.54) is 0 Å². The van der Waals surface area contributed by atoms with Crippen LogP contribution in [0.4, 0.5) is 0 Å². The lowest BCUT2D eigenvalue weighted by Gasteiger charge is -2.27. The lowest BCUT2D eigenvalue weighted by molar-refractivity contribution is -0.123. The van der Waals surface area contributed by atoms with Gasteiger partial charge in [0.15, 0.2) is 0 Å². The summed E-state index contributed by atoms with van der Waals surface area (Å²) in [6.07, 6.45) is 3.40. The van der Waals surface area contributed by atoms with Gasteiger partial charge in [-0.05, 0) is 31.2 Å². The maximum absolute atomic E-state index is 12.0. The molecule has 0 heterocycles. The second-order valence-electron chi connectivity index (χ2n) is 5.74. The van der Waals surface area contributed by atoms with E-state index in [2.05, 4.69) is 5.32 Å². The van der Waals surface area contributed by atoms with E-state index in [1.807, 2.05) is 30.3 Å². The summed E-state index contributed by atoms with van der Waals surface area (Å²) < 4.78 is 0. The minimum Gasteiger partial charge on any atom is -0.369 e. The zero-order chi connectivity index (χ0) is 15.2. The van der Waals surface area contributed by atoms with Gasteiger partial charge in [-0.25, -0.2) is 0 Å². The Hall–Kier alpha value is -1.59. The fourth-order valence-electron chi connectivity index (χ4n) is 2.83. The zero-order valence-electron chi connectivity index (χ0n) is 12.5. The van der Waals surface area contributed by atoms with Crippen molar-refractivity contribution in [1.82, 2.24) is 5.32 Å². The van der Waals surface area contributed by atoms with E-state index in [4.69, 9.17) is 11.5 Å². The summed E-state index contributed by atoms with van der Waals surface area (Å²) in [4.78, 5) is 23.1. The van der Waals surface area contributed by atoms with Crippen LogP contribution in [0.25, 0.3) is 0 Å². The number of nitrogens with two attached hydrogens (primary N) is 2. The highest BCUT2D eigenvalue weighted by molar-refractivity contribution is 5.85. The van der Waals surface area contributed by atoms with E-state index >= 15 is 0 Å². The first-order valence-electron chi connectivity index (χ1n) is 7.45. The molecule has 0 saturated heterocycles. The first-order chi connectivity index (χ1) is 10.1. The van der Waals surface area contributed by atoms with Crippen LogP contribution < -0.4 is 16.8 Å². The summed E-state index contributed by atoms with van der Waals surface area (Å²) >= 11 is 0. The van der Waals surface area contributed by atoms with E-state index in [-0.39, 0.29) is 48.6 Å². The Labute approximate surface area is 137 Å². The molecule has 2 rings (SSSR count). The van der Waals surface area contributed by atoms with Gasteiger partial charge >= 0.3 is 0 Å². The molecule has 0 aliphatic heterocycles. The SMILES string of the molecule is Cl.NC(=O)C1CCC(NC(=O)CC(N)c2ccccc2)CC1. The summed E-state index contributed by atoms with van der Waals surface area (Å²) in [7, 11) is 0. The van der Waals surface area contributed by atoms with Gasteiger partial charge in [0.1, 0.15) is 0 Å². The van der Waals surface area contributed by atoms with Crippen LogP contribution in [0.3, 0.4) is 0 Å². The maximum atomic E-state index is 12.0. The molecule has 0 spiro atoms. The van der Waals surface area contributed by atoms with Gasteiger partial charge in [0, 0.05) is 24.4 Å². The van der Waals surface area contributed by atoms with Crippen LogP contribution in [-0.2, 0) is 9.59 Å². The third-order valence-electron chi connectivity index (χ3n) is 4.13. The number of nitrogens with one attached hydrogen (secondary N) is 1. The molecule has 1 aliphatic rings. The van der Waals surface area contributed by atoms with Gasteiger partial charge in [0.2, 0.25) is 11.8 Å². The van der Waals surface area contributed by atoms with E-state index < -0.39 is 0 Å². The molecule has 2 amide bonds. The Morgan fingerprint density at radius 1 is 1.14 bits per heavy atom. The van der Waals surface area contributed by atoms with Crippen LogP contribution in [0.15, 0.2) is 30.3 Å². The normalized spacial score (nSPS) is 22.2. The Bertz CT molecular complexity index is 487. The molecular formula is C16H24ClN3O2. The molecule has 22 heavy (non-hydrogen) atoms. The van der Waals surface area contributed by atoms with E-state index in [1.54, 1.807) is 0 Å². The maximum Gasteiger partial charge on any atom is 0.222 e. The predicted octanol–water partition coefficient (Wildman–Crippen LogP) is 1.66. The van der Waals surface area contributed by atoms with Gasteiger partial charge < -0.3 is 16.8 Å².